The number of nitrogens with two attached hydrogens (primary N) is 1. The Balaban J connectivity index is 2.05. The summed E-state index contributed by atoms with van der Waals surface area (Å²) in [6.07, 6.45) is 1.33. The number of amides is 5. The van der Waals surface area contributed by atoms with Crippen molar-refractivity contribution in [2.24, 2.45) is 5.73 Å². The number of thioether (sulfide) groups is 1. The number of urea groups is 1. The number of carboxylic acid groups (broad SMARTS) is 1. The van der Waals surface area contributed by atoms with Crippen LogP contribution in [0.15, 0.2) is 24.3 Å². The Kier molecular flexibility index (Phi) is 9.98. The van der Waals surface area contributed by atoms with Crippen molar-refractivity contribution in [2.75, 3.05) is 31.0 Å². The molecule has 186 valence electrons. The van der Waals surface area contributed by atoms with Gasteiger partial charge in [0.1, 0.15) is 17.8 Å². The van der Waals surface area contributed by atoms with Gasteiger partial charge in [0.15, 0.2) is 0 Å². The molecule has 0 radical (unpaired) electrons. The predicted octanol–water partition coefficient (Wildman–Crippen LogP) is -0.0159. The predicted molar refractivity (Wildman–Crippen MR) is 125 cm³/mol. The van der Waals surface area contributed by atoms with Gasteiger partial charge >= 0.3 is 12.0 Å². The molecule has 1 aliphatic heterocycles. The summed E-state index contributed by atoms with van der Waals surface area (Å²) in [5, 5.41) is 16.7. The van der Waals surface area contributed by atoms with Crippen molar-refractivity contribution in [3.63, 3.8) is 0 Å². The van der Waals surface area contributed by atoms with Gasteiger partial charge in [-0.3, -0.25) is 19.2 Å². The van der Waals surface area contributed by atoms with Crippen molar-refractivity contribution in [3.05, 3.63) is 24.3 Å². The molecule has 0 aromatic heterocycles. The van der Waals surface area contributed by atoms with E-state index in [1.165, 1.54) is 23.8 Å². The maximum absolute atomic E-state index is 12.9. The summed E-state index contributed by atoms with van der Waals surface area (Å²) in [6, 6.07) is 3.54. The summed E-state index contributed by atoms with van der Waals surface area (Å²) < 4.78 is 5.08. The van der Waals surface area contributed by atoms with Crippen molar-refractivity contribution in [1.29, 1.82) is 0 Å². The van der Waals surface area contributed by atoms with Gasteiger partial charge in [0, 0.05) is 18.7 Å². The molecule has 1 saturated heterocycles. The van der Waals surface area contributed by atoms with Crippen molar-refractivity contribution >= 4 is 47.2 Å². The number of carboxylic acids is 1. The number of hydrogen-bond acceptors (Lipinski definition) is 7. The third-order valence-corrected chi connectivity index (χ3v) is 5.72. The van der Waals surface area contributed by atoms with E-state index in [0.29, 0.717) is 11.4 Å². The molecule has 0 saturated carbocycles. The zero-order valence-corrected chi connectivity index (χ0v) is 19.7. The van der Waals surface area contributed by atoms with Gasteiger partial charge in [-0.2, -0.15) is 11.8 Å². The average Bonchev–Trinajstić information content (AvgIpc) is 3.20. The smallest absolute Gasteiger partial charge is 0.319 e. The number of primary amides is 1. The lowest BCUT2D eigenvalue weighted by molar-refractivity contribution is -0.138. The van der Waals surface area contributed by atoms with E-state index in [0.717, 1.165) is 0 Å². The number of ether oxygens (including phenoxy) is 1. The minimum absolute atomic E-state index is 0.101. The zero-order chi connectivity index (χ0) is 25.3. The molecule has 12 nitrogen and oxygen atoms in total. The number of benzene rings is 1. The van der Waals surface area contributed by atoms with Crippen LogP contribution in [0.1, 0.15) is 19.3 Å². The highest BCUT2D eigenvalue weighted by Crippen LogP contribution is 2.21. The van der Waals surface area contributed by atoms with Gasteiger partial charge in [0.25, 0.3) is 0 Å². The molecule has 2 rings (SSSR count). The lowest BCUT2D eigenvalue weighted by atomic mass is 10.1. The third kappa shape index (κ3) is 7.83. The lowest BCUT2D eigenvalue weighted by Crippen LogP contribution is -2.52. The highest BCUT2D eigenvalue weighted by atomic mass is 32.2. The first-order valence-corrected chi connectivity index (χ1v) is 11.9. The Bertz CT molecular complexity index is 911. The first-order valence-electron chi connectivity index (χ1n) is 10.5. The van der Waals surface area contributed by atoms with Crippen LogP contribution in [0.5, 0.6) is 5.75 Å². The Labute approximate surface area is 200 Å². The van der Waals surface area contributed by atoms with E-state index in [2.05, 4.69) is 16.0 Å². The normalized spacial score (nSPS) is 18.0. The standard InChI is InChI=1S/C21H29N5O7S/c1-33-14-5-3-12(4-6-14)23-21(32)24-13-9-16(26(10-13)17(27)11-34-2)20(31)25-15(19(22)30)7-8-18(28)29/h3-6,13,15-16H,7-11H2,1-2H3,(H2,22,30)(H,25,31)(H,28,29)(H2,23,24,32). The Morgan fingerprint density at radius 3 is 2.47 bits per heavy atom. The molecule has 13 heteroatoms. The van der Waals surface area contributed by atoms with Crippen LogP contribution in [-0.4, -0.2) is 83.5 Å². The fourth-order valence-electron chi connectivity index (χ4n) is 3.52. The third-order valence-electron chi connectivity index (χ3n) is 5.18. The quantitative estimate of drug-likeness (QED) is 0.284. The highest BCUT2D eigenvalue weighted by molar-refractivity contribution is 7.99. The van der Waals surface area contributed by atoms with E-state index in [1.54, 1.807) is 30.5 Å². The summed E-state index contributed by atoms with van der Waals surface area (Å²) in [5.41, 5.74) is 5.82. The first kappa shape index (κ1) is 26.8. The molecular weight excluding hydrogens is 466 g/mol. The number of hydrogen-bond donors (Lipinski definition) is 5. The maximum atomic E-state index is 12.9. The summed E-state index contributed by atoms with van der Waals surface area (Å²) in [7, 11) is 1.53. The number of nitrogens with zero attached hydrogens (tertiary/aromatic N) is 1. The summed E-state index contributed by atoms with van der Waals surface area (Å²) in [6.45, 7) is 0.101. The van der Waals surface area contributed by atoms with E-state index in [4.69, 9.17) is 15.6 Å². The van der Waals surface area contributed by atoms with Crippen LogP contribution in [0, 0.1) is 0 Å². The van der Waals surface area contributed by atoms with Gasteiger partial charge in [0.05, 0.1) is 18.9 Å². The number of nitrogens with one attached hydrogen (secondary N) is 3. The Morgan fingerprint density at radius 2 is 1.91 bits per heavy atom. The molecule has 1 aliphatic rings. The molecule has 0 spiro atoms. The van der Waals surface area contributed by atoms with E-state index in [-0.39, 0.29) is 37.5 Å². The van der Waals surface area contributed by atoms with E-state index in [1.807, 2.05) is 0 Å². The summed E-state index contributed by atoms with van der Waals surface area (Å²) in [4.78, 5) is 61.8. The van der Waals surface area contributed by atoms with Crippen LogP contribution in [0.2, 0.25) is 0 Å². The van der Waals surface area contributed by atoms with Crippen molar-refractivity contribution in [2.45, 2.75) is 37.4 Å². The number of carbonyl (C=O) groups excluding carboxylic acids is 4. The average molecular weight is 496 g/mol. The molecule has 1 fully saturated rings. The van der Waals surface area contributed by atoms with Crippen molar-refractivity contribution < 1.29 is 33.8 Å². The molecule has 3 atom stereocenters. The van der Waals surface area contributed by atoms with E-state index < -0.39 is 41.9 Å². The zero-order valence-electron chi connectivity index (χ0n) is 18.9. The second-order valence-corrected chi connectivity index (χ2v) is 8.52. The number of carbonyl (C=O) groups is 5. The second kappa shape index (κ2) is 12.7. The largest absolute Gasteiger partial charge is 0.497 e. The van der Waals surface area contributed by atoms with Crippen LogP contribution < -0.4 is 26.4 Å². The summed E-state index contributed by atoms with van der Waals surface area (Å²) in [5.74, 6) is -2.17. The first-order chi connectivity index (χ1) is 16.1. The fraction of sp³-hybridized carbons (Fsp3) is 0.476. The number of anilines is 1. The molecule has 0 aliphatic carbocycles. The SMILES string of the molecule is COc1ccc(NC(=O)NC2CC(C(=O)NC(CCC(=O)O)C(N)=O)N(C(=O)CSC)C2)cc1. The van der Waals surface area contributed by atoms with Crippen LogP contribution in [0.25, 0.3) is 0 Å². The molecular formula is C21H29N5O7S. The number of rotatable bonds is 11. The van der Waals surface area contributed by atoms with Crippen LogP contribution in [0.4, 0.5) is 10.5 Å². The van der Waals surface area contributed by atoms with Gasteiger partial charge in [0.2, 0.25) is 17.7 Å². The second-order valence-electron chi connectivity index (χ2n) is 7.65. The molecule has 6 N–H and O–H groups in total. The fourth-order valence-corrected chi connectivity index (χ4v) is 3.93. The topological polar surface area (TPSA) is 180 Å². The molecule has 1 heterocycles. The Hall–Kier alpha value is -3.48. The number of methoxy groups -OCH3 is 1. The highest BCUT2D eigenvalue weighted by Gasteiger charge is 2.40. The van der Waals surface area contributed by atoms with Crippen LogP contribution in [0.3, 0.4) is 0 Å². The lowest BCUT2D eigenvalue weighted by Gasteiger charge is -2.25. The maximum Gasteiger partial charge on any atom is 0.319 e. The van der Waals surface area contributed by atoms with E-state index in [9.17, 15) is 24.0 Å². The molecule has 3 unspecified atom stereocenters. The van der Waals surface area contributed by atoms with Gasteiger partial charge < -0.3 is 36.4 Å². The van der Waals surface area contributed by atoms with Crippen LogP contribution >= 0.6 is 11.8 Å². The monoisotopic (exact) mass is 495 g/mol. The van der Waals surface area contributed by atoms with Crippen LogP contribution in [-0.2, 0) is 19.2 Å². The molecule has 5 amide bonds. The molecule has 1 aromatic carbocycles. The minimum Gasteiger partial charge on any atom is -0.497 e. The van der Waals surface area contributed by atoms with Crippen molar-refractivity contribution in [1.82, 2.24) is 15.5 Å². The van der Waals surface area contributed by atoms with Crippen molar-refractivity contribution in [3.8, 4) is 5.75 Å². The number of aliphatic carboxylic acids is 1. The van der Waals surface area contributed by atoms with Gasteiger partial charge in [-0.25, -0.2) is 4.79 Å². The number of likely N-dealkylation sites (tertiary alicyclic amines) is 1. The minimum atomic E-state index is -1.19. The van der Waals surface area contributed by atoms with Gasteiger partial charge in [-0.15, -0.1) is 0 Å². The van der Waals surface area contributed by atoms with E-state index >= 15 is 0 Å². The Morgan fingerprint density at radius 1 is 1.24 bits per heavy atom. The summed E-state index contributed by atoms with van der Waals surface area (Å²) >= 11 is 1.29. The molecule has 1 aromatic rings. The van der Waals surface area contributed by atoms with Gasteiger partial charge in [-0.1, -0.05) is 0 Å². The molecule has 0 bridgehead atoms. The van der Waals surface area contributed by atoms with Gasteiger partial charge in [-0.05, 0) is 43.4 Å². The molecule has 34 heavy (non-hydrogen) atoms.